The quantitative estimate of drug-likeness (QED) is 0.835. The average Bonchev–Trinajstić information content (AvgIpc) is 2.67. The number of aromatic nitrogens is 2. The van der Waals surface area contributed by atoms with Gasteiger partial charge in [0.2, 0.25) is 0 Å². The van der Waals surface area contributed by atoms with Crippen molar-refractivity contribution in [3.05, 3.63) is 36.4 Å². The average molecular weight is 366 g/mol. The zero-order chi connectivity index (χ0) is 18.7. The lowest BCUT2D eigenvalue weighted by molar-refractivity contribution is -0.185. The summed E-state index contributed by atoms with van der Waals surface area (Å²) < 4.78 is 42.5. The molecule has 0 N–H and O–H groups in total. The van der Waals surface area contributed by atoms with Gasteiger partial charge in [-0.1, -0.05) is 0 Å². The molecule has 1 aliphatic heterocycles. The van der Waals surface area contributed by atoms with Crippen molar-refractivity contribution in [2.75, 3.05) is 38.2 Å². The molecule has 2 heterocycles. The van der Waals surface area contributed by atoms with Gasteiger partial charge in [0.05, 0.1) is 12.8 Å². The predicted molar refractivity (Wildman–Crippen MR) is 88.9 cm³/mol. The molecule has 0 bridgehead atoms. The lowest BCUT2D eigenvalue weighted by Gasteiger charge is -2.35. The van der Waals surface area contributed by atoms with Crippen LogP contribution in [0.15, 0.2) is 36.4 Å². The number of rotatable bonds is 3. The molecule has 0 unspecified atom stereocenters. The second-order valence-electron chi connectivity index (χ2n) is 5.78. The van der Waals surface area contributed by atoms with Crippen LogP contribution in [0.3, 0.4) is 0 Å². The highest BCUT2D eigenvalue weighted by molar-refractivity contribution is 5.82. The molecule has 2 aromatic rings. The summed E-state index contributed by atoms with van der Waals surface area (Å²) in [6, 6.07) is 10.9. The van der Waals surface area contributed by atoms with Gasteiger partial charge in [-0.2, -0.15) is 13.2 Å². The Balaban J connectivity index is 1.63. The summed E-state index contributed by atoms with van der Waals surface area (Å²) in [6.07, 6.45) is -4.83. The fourth-order valence-electron chi connectivity index (χ4n) is 2.73. The molecule has 0 atom stereocenters. The maximum atomic E-state index is 12.5. The third kappa shape index (κ3) is 3.87. The number of carbonyl (C=O) groups is 1. The number of nitrogens with zero attached hydrogens (tertiary/aromatic N) is 4. The van der Waals surface area contributed by atoms with Crippen molar-refractivity contribution in [3.63, 3.8) is 0 Å². The molecule has 0 aliphatic carbocycles. The molecule has 1 aromatic heterocycles. The number of hydrogen-bond acceptors (Lipinski definition) is 5. The van der Waals surface area contributed by atoms with E-state index in [4.69, 9.17) is 4.74 Å². The van der Waals surface area contributed by atoms with Gasteiger partial charge >= 0.3 is 12.1 Å². The van der Waals surface area contributed by atoms with Gasteiger partial charge in [-0.05, 0) is 36.4 Å². The summed E-state index contributed by atoms with van der Waals surface area (Å²) in [5.41, 5.74) is 1.56. The van der Waals surface area contributed by atoms with Gasteiger partial charge < -0.3 is 14.5 Å². The summed E-state index contributed by atoms with van der Waals surface area (Å²) in [7, 11) is 1.59. The molecular formula is C17H17F3N4O2. The Bertz CT molecular complexity index is 755. The number of carbonyl (C=O) groups excluding carboxylic acids is 1. The van der Waals surface area contributed by atoms with Crippen molar-refractivity contribution in [1.29, 1.82) is 0 Å². The first kappa shape index (κ1) is 18.0. The van der Waals surface area contributed by atoms with Gasteiger partial charge in [-0.25, -0.2) is 0 Å². The zero-order valence-corrected chi connectivity index (χ0v) is 14.0. The number of piperazine rings is 1. The monoisotopic (exact) mass is 366 g/mol. The number of benzene rings is 1. The van der Waals surface area contributed by atoms with E-state index in [9.17, 15) is 18.0 Å². The Kier molecular flexibility index (Phi) is 4.97. The third-order valence-corrected chi connectivity index (χ3v) is 4.17. The topological polar surface area (TPSA) is 58.6 Å². The standard InChI is InChI=1S/C17H17F3N4O2/c1-26-13-4-2-12(3-5-13)14-6-7-15(22-21-14)23-8-10-24(11-9-23)16(25)17(18,19)20/h2-7H,8-11H2,1H3. The van der Waals surface area contributed by atoms with E-state index in [1.807, 2.05) is 29.2 Å². The molecule has 0 radical (unpaired) electrons. The van der Waals surface area contributed by atoms with E-state index >= 15 is 0 Å². The number of anilines is 1. The lowest BCUT2D eigenvalue weighted by atomic mass is 10.1. The molecule has 138 valence electrons. The molecular weight excluding hydrogens is 349 g/mol. The van der Waals surface area contributed by atoms with E-state index in [1.165, 1.54) is 0 Å². The van der Waals surface area contributed by atoms with Gasteiger partial charge in [0.15, 0.2) is 5.82 Å². The number of ether oxygens (including phenoxy) is 1. The van der Waals surface area contributed by atoms with Gasteiger partial charge in [-0.15, -0.1) is 10.2 Å². The highest BCUT2D eigenvalue weighted by atomic mass is 19.4. The van der Waals surface area contributed by atoms with E-state index in [0.29, 0.717) is 11.5 Å². The van der Waals surface area contributed by atoms with Crippen molar-refractivity contribution < 1.29 is 22.7 Å². The minimum absolute atomic E-state index is 0.000253. The Hall–Kier alpha value is -2.84. The van der Waals surface area contributed by atoms with Crippen molar-refractivity contribution in [3.8, 4) is 17.0 Å². The normalized spacial score (nSPS) is 15.1. The van der Waals surface area contributed by atoms with Crippen molar-refractivity contribution in [1.82, 2.24) is 15.1 Å². The molecule has 0 spiro atoms. The van der Waals surface area contributed by atoms with E-state index < -0.39 is 12.1 Å². The second-order valence-corrected chi connectivity index (χ2v) is 5.78. The SMILES string of the molecule is COc1ccc(-c2ccc(N3CCN(C(=O)C(F)(F)F)CC3)nn2)cc1. The molecule has 1 aliphatic rings. The predicted octanol–water partition coefficient (Wildman–Crippen LogP) is 2.36. The van der Waals surface area contributed by atoms with Crippen LogP contribution >= 0.6 is 0 Å². The number of halogens is 3. The van der Waals surface area contributed by atoms with E-state index in [-0.39, 0.29) is 26.2 Å². The van der Waals surface area contributed by atoms with Crippen LogP contribution in [-0.4, -0.2) is 60.5 Å². The van der Waals surface area contributed by atoms with E-state index in [0.717, 1.165) is 16.2 Å². The lowest BCUT2D eigenvalue weighted by Crippen LogP contribution is -2.52. The zero-order valence-electron chi connectivity index (χ0n) is 14.0. The van der Waals surface area contributed by atoms with E-state index in [2.05, 4.69) is 10.2 Å². The number of hydrogen-bond donors (Lipinski definition) is 0. The Morgan fingerprint density at radius 1 is 1.00 bits per heavy atom. The van der Waals surface area contributed by atoms with Crippen LogP contribution in [0.1, 0.15) is 0 Å². The van der Waals surface area contributed by atoms with Crippen LogP contribution in [0, 0.1) is 0 Å². The molecule has 3 rings (SSSR count). The smallest absolute Gasteiger partial charge is 0.471 e. The van der Waals surface area contributed by atoms with Gasteiger partial charge in [0, 0.05) is 31.7 Å². The van der Waals surface area contributed by atoms with Gasteiger partial charge in [-0.3, -0.25) is 4.79 Å². The summed E-state index contributed by atoms with van der Waals surface area (Å²) >= 11 is 0. The molecule has 9 heteroatoms. The maximum Gasteiger partial charge on any atom is 0.471 e. The first-order valence-corrected chi connectivity index (χ1v) is 7.97. The highest BCUT2D eigenvalue weighted by Gasteiger charge is 2.43. The minimum atomic E-state index is -4.83. The fourth-order valence-corrected chi connectivity index (χ4v) is 2.73. The molecule has 6 nitrogen and oxygen atoms in total. The molecule has 1 saturated heterocycles. The molecule has 1 amide bonds. The van der Waals surface area contributed by atoms with Crippen molar-refractivity contribution in [2.24, 2.45) is 0 Å². The fraction of sp³-hybridized carbons (Fsp3) is 0.353. The summed E-state index contributed by atoms with van der Waals surface area (Å²) in [5, 5.41) is 8.34. The van der Waals surface area contributed by atoms with Gasteiger partial charge in [0.1, 0.15) is 5.75 Å². The molecule has 0 saturated carbocycles. The Labute approximate surface area is 148 Å². The van der Waals surface area contributed by atoms with Crippen LogP contribution in [0.4, 0.5) is 19.0 Å². The highest BCUT2D eigenvalue weighted by Crippen LogP contribution is 2.23. The Morgan fingerprint density at radius 3 is 2.15 bits per heavy atom. The van der Waals surface area contributed by atoms with Crippen LogP contribution in [0.25, 0.3) is 11.3 Å². The molecule has 1 fully saturated rings. The summed E-state index contributed by atoms with van der Waals surface area (Å²) in [6.45, 7) is 0.553. The van der Waals surface area contributed by atoms with Crippen LogP contribution in [0.5, 0.6) is 5.75 Å². The molecule has 26 heavy (non-hydrogen) atoms. The third-order valence-electron chi connectivity index (χ3n) is 4.17. The first-order chi connectivity index (χ1) is 12.4. The number of methoxy groups -OCH3 is 1. The van der Waals surface area contributed by atoms with Gasteiger partial charge in [0.25, 0.3) is 0 Å². The summed E-state index contributed by atoms with van der Waals surface area (Å²) in [4.78, 5) is 13.9. The van der Waals surface area contributed by atoms with Crippen molar-refractivity contribution >= 4 is 11.7 Å². The molecule has 1 aromatic carbocycles. The minimum Gasteiger partial charge on any atom is -0.497 e. The maximum absolute atomic E-state index is 12.5. The second kappa shape index (κ2) is 7.19. The van der Waals surface area contributed by atoms with Crippen molar-refractivity contribution in [2.45, 2.75) is 6.18 Å². The van der Waals surface area contributed by atoms with E-state index in [1.54, 1.807) is 19.2 Å². The van der Waals surface area contributed by atoms with Crippen LogP contribution in [-0.2, 0) is 4.79 Å². The largest absolute Gasteiger partial charge is 0.497 e. The summed E-state index contributed by atoms with van der Waals surface area (Å²) in [5.74, 6) is -0.482. The first-order valence-electron chi connectivity index (χ1n) is 7.97. The Morgan fingerprint density at radius 2 is 1.65 bits per heavy atom. The van der Waals surface area contributed by atoms with Crippen LogP contribution in [0.2, 0.25) is 0 Å². The number of amides is 1. The van der Waals surface area contributed by atoms with Crippen LogP contribution < -0.4 is 9.64 Å². The number of alkyl halides is 3.